The summed E-state index contributed by atoms with van der Waals surface area (Å²) >= 11 is 0. The molecule has 0 aliphatic rings. The van der Waals surface area contributed by atoms with Gasteiger partial charge in [0.2, 0.25) is 0 Å². The van der Waals surface area contributed by atoms with Crippen LogP contribution in [0, 0.1) is 0 Å². The van der Waals surface area contributed by atoms with Crippen molar-refractivity contribution in [2.45, 2.75) is 32.2 Å². The molecule has 0 saturated heterocycles. The second kappa shape index (κ2) is 4.04. The average Bonchev–Trinajstić information content (AvgIpc) is 2.51. The van der Waals surface area contributed by atoms with Crippen molar-refractivity contribution in [2.24, 2.45) is 5.73 Å². The Morgan fingerprint density at radius 3 is 2.71 bits per heavy atom. The molecule has 0 aromatic carbocycles. The van der Waals surface area contributed by atoms with Gasteiger partial charge in [0.25, 0.3) is 5.92 Å². The van der Waals surface area contributed by atoms with Crippen molar-refractivity contribution in [1.82, 2.24) is 9.78 Å². The summed E-state index contributed by atoms with van der Waals surface area (Å²) in [4.78, 5) is 0. The molecular formula is C9H15F2N3. The second-order valence-corrected chi connectivity index (χ2v) is 3.60. The van der Waals surface area contributed by atoms with Crippen molar-refractivity contribution >= 4 is 0 Å². The number of hydrogen-bond acceptors (Lipinski definition) is 2. The summed E-state index contributed by atoms with van der Waals surface area (Å²) in [5.41, 5.74) is 5.49. The number of nitrogens with zero attached hydrogens (tertiary/aromatic N) is 2. The Hall–Kier alpha value is -0.970. The van der Waals surface area contributed by atoms with Crippen molar-refractivity contribution in [3.63, 3.8) is 0 Å². The largest absolute Gasteiger partial charge is 0.325 e. The van der Waals surface area contributed by atoms with Crippen molar-refractivity contribution < 1.29 is 8.78 Å². The molecule has 2 N–H and O–H groups in total. The molecule has 1 heterocycles. The standard InChI is InChI=1S/C9H15F2N3/c1-7(2)14-8(3-4-13-14)5-9(10,11)6-12/h3-4,7H,5-6,12H2,1-2H3. The van der Waals surface area contributed by atoms with Crippen LogP contribution in [0.1, 0.15) is 25.6 Å². The second-order valence-electron chi connectivity index (χ2n) is 3.60. The first-order chi connectivity index (χ1) is 6.46. The van der Waals surface area contributed by atoms with Crippen molar-refractivity contribution in [2.75, 3.05) is 6.54 Å². The van der Waals surface area contributed by atoms with Gasteiger partial charge in [-0.15, -0.1) is 0 Å². The molecule has 1 rings (SSSR count). The quantitative estimate of drug-likeness (QED) is 0.807. The first-order valence-corrected chi connectivity index (χ1v) is 4.56. The predicted octanol–water partition coefficient (Wildman–Crippen LogP) is 1.60. The zero-order chi connectivity index (χ0) is 10.8. The lowest BCUT2D eigenvalue weighted by molar-refractivity contribution is 0.00927. The summed E-state index contributed by atoms with van der Waals surface area (Å²) in [6.45, 7) is 3.17. The number of aromatic nitrogens is 2. The van der Waals surface area contributed by atoms with Crippen LogP contribution in [-0.2, 0) is 6.42 Å². The fourth-order valence-corrected chi connectivity index (χ4v) is 1.28. The predicted molar refractivity (Wildman–Crippen MR) is 50.3 cm³/mol. The lowest BCUT2D eigenvalue weighted by Crippen LogP contribution is -2.31. The van der Waals surface area contributed by atoms with Gasteiger partial charge in [-0.1, -0.05) is 0 Å². The highest BCUT2D eigenvalue weighted by atomic mass is 19.3. The van der Waals surface area contributed by atoms with E-state index < -0.39 is 12.5 Å². The molecule has 80 valence electrons. The van der Waals surface area contributed by atoms with E-state index in [0.29, 0.717) is 5.69 Å². The maximum atomic E-state index is 13.0. The van der Waals surface area contributed by atoms with Crippen LogP contribution in [0.4, 0.5) is 8.78 Å². The van der Waals surface area contributed by atoms with Crippen LogP contribution in [0.2, 0.25) is 0 Å². The number of hydrogen-bond donors (Lipinski definition) is 1. The van der Waals surface area contributed by atoms with Crippen LogP contribution in [0.5, 0.6) is 0 Å². The Morgan fingerprint density at radius 1 is 1.57 bits per heavy atom. The zero-order valence-corrected chi connectivity index (χ0v) is 8.37. The van der Waals surface area contributed by atoms with Crippen molar-refractivity contribution in [3.05, 3.63) is 18.0 Å². The molecule has 1 aromatic heterocycles. The molecule has 0 aliphatic carbocycles. The van der Waals surface area contributed by atoms with E-state index >= 15 is 0 Å². The van der Waals surface area contributed by atoms with Crippen LogP contribution in [0.25, 0.3) is 0 Å². The minimum atomic E-state index is -2.84. The third-order valence-electron chi connectivity index (χ3n) is 1.98. The van der Waals surface area contributed by atoms with E-state index in [1.807, 2.05) is 13.8 Å². The van der Waals surface area contributed by atoms with E-state index in [1.165, 1.54) is 6.20 Å². The molecule has 3 nitrogen and oxygen atoms in total. The molecule has 0 amide bonds. The van der Waals surface area contributed by atoms with Gasteiger partial charge in [0, 0.05) is 17.9 Å². The summed E-state index contributed by atoms with van der Waals surface area (Å²) < 4.78 is 27.6. The van der Waals surface area contributed by atoms with Gasteiger partial charge < -0.3 is 5.73 Å². The molecule has 14 heavy (non-hydrogen) atoms. The van der Waals surface area contributed by atoms with Crippen LogP contribution in [-0.4, -0.2) is 22.2 Å². The maximum Gasteiger partial charge on any atom is 0.265 e. The van der Waals surface area contributed by atoms with E-state index in [0.717, 1.165) is 0 Å². The molecule has 0 unspecified atom stereocenters. The first-order valence-electron chi connectivity index (χ1n) is 4.56. The monoisotopic (exact) mass is 203 g/mol. The highest BCUT2D eigenvalue weighted by Gasteiger charge is 2.28. The molecule has 0 aliphatic heterocycles. The normalized spacial score (nSPS) is 12.4. The van der Waals surface area contributed by atoms with E-state index in [4.69, 9.17) is 5.73 Å². The average molecular weight is 203 g/mol. The van der Waals surface area contributed by atoms with Gasteiger partial charge in [0.15, 0.2) is 0 Å². The molecule has 0 saturated carbocycles. The highest BCUT2D eigenvalue weighted by molar-refractivity contribution is 5.04. The highest BCUT2D eigenvalue weighted by Crippen LogP contribution is 2.20. The van der Waals surface area contributed by atoms with Gasteiger partial charge >= 0.3 is 0 Å². The van der Waals surface area contributed by atoms with Gasteiger partial charge in [-0.05, 0) is 19.9 Å². The van der Waals surface area contributed by atoms with Gasteiger partial charge in [0.05, 0.1) is 13.0 Å². The third kappa shape index (κ3) is 2.51. The summed E-state index contributed by atoms with van der Waals surface area (Å²) in [5.74, 6) is -2.84. The fourth-order valence-electron chi connectivity index (χ4n) is 1.28. The fraction of sp³-hybridized carbons (Fsp3) is 0.667. The zero-order valence-electron chi connectivity index (χ0n) is 8.37. The molecule has 0 bridgehead atoms. The molecule has 1 aromatic rings. The van der Waals surface area contributed by atoms with Crippen LogP contribution >= 0.6 is 0 Å². The lowest BCUT2D eigenvalue weighted by atomic mass is 10.2. The number of nitrogens with two attached hydrogens (primary N) is 1. The Bertz CT molecular complexity index is 294. The lowest BCUT2D eigenvalue weighted by Gasteiger charge is -2.16. The van der Waals surface area contributed by atoms with E-state index in [9.17, 15) is 8.78 Å². The van der Waals surface area contributed by atoms with E-state index in [2.05, 4.69) is 5.10 Å². The Labute approximate surface area is 81.9 Å². The van der Waals surface area contributed by atoms with Gasteiger partial charge in [-0.25, -0.2) is 8.78 Å². The molecular weight excluding hydrogens is 188 g/mol. The summed E-state index contributed by atoms with van der Waals surface area (Å²) in [6.07, 6.45) is 1.18. The summed E-state index contributed by atoms with van der Waals surface area (Å²) in [5, 5.41) is 3.98. The minimum Gasteiger partial charge on any atom is -0.325 e. The number of alkyl halides is 2. The van der Waals surface area contributed by atoms with Crippen LogP contribution in [0.15, 0.2) is 12.3 Å². The first kappa shape index (κ1) is 11.1. The molecule has 5 heteroatoms. The minimum absolute atomic E-state index is 0.0913. The van der Waals surface area contributed by atoms with Gasteiger partial charge in [0.1, 0.15) is 0 Å². The molecule has 0 fully saturated rings. The van der Waals surface area contributed by atoms with E-state index in [-0.39, 0.29) is 12.5 Å². The maximum absolute atomic E-state index is 13.0. The number of rotatable bonds is 4. The molecule has 0 atom stereocenters. The van der Waals surface area contributed by atoms with Gasteiger partial charge in [-0.2, -0.15) is 5.10 Å². The van der Waals surface area contributed by atoms with Crippen LogP contribution in [0.3, 0.4) is 0 Å². The summed E-state index contributed by atoms with van der Waals surface area (Å²) in [6, 6.07) is 1.69. The Kier molecular flexibility index (Phi) is 3.21. The van der Waals surface area contributed by atoms with Crippen molar-refractivity contribution in [3.8, 4) is 0 Å². The molecule has 0 radical (unpaired) electrons. The van der Waals surface area contributed by atoms with E-state index in [1.54, 1.807) is 10.7 Å². The SMILES string of the molecule is CC(C)n1nccc1CC(F)(F)CN. The van der Waals surface area contributed by atoms with Crippen molar-refractivity contribution in [1.29, 1.82) is 0 Å². The smallest absolute Gasteiger partial charge is 0.265 e. The van der Waals surface area contributed by atoms with Crippen LogP contribution < -0.4 is 5.73 Å². The van der Waals surface area contributed by atoms with Gasteiger partial charge in [-0.3, -0.25) is 4.68 Å². The topological polar surface area (TPSA) is 43.8 Å². The molecule has 0 spiro atoms. The summed E-state index contributed by atoms with van der Waals surface area (Å²) in [7, 11) is 0. The number of halogens is 2. The third-order valence-corrected chi connectivity index (χ3v) is 1.98. The Morgan fingerprint density at radius 2 is 2.21 bits per heavy atom. The Balaban J connectivity index is 2.81.